The number of anilines is 2. The first kappa shape index (κ1) is 15.6. The molecule has 0 amide bonds. The number of rotatable bonds is 8. The van der Waals surface area contributed by atoms with Gasteiger partial charge in [-0.1, -0.05) is 6.92 Å². The summed E-state index contributed by atoms with van der Waals surface area (Å²) in [5.74, 6) is 0. The minimum absolute atomic E-state index is 0.107. The van der Waals surface area contributed by atoms with Crippen LogP contribution >= 0.6 is 0 Å². The third-order valence-electron chi connectivity index (χ3n) is 3.53. The van der Waals surface area contributed by atoms with Crippen LogP contribution in [0.25, 0.3) is 0 Å². The van der Waals surface area contributed by atoms with Crippen LogP contribution in [0.2, 0.25) is 0 Å². The molecule has 1 aliphatic rings. The van der Waals surface area contributed by atoms with Gasteiger partial charge in [-0.05, 0) is 31.7 Å². The SMILES string of the molecule is CCCNc1cc(NCCC2CCCO2)cc([N+](=O)[O-])c1. The quantitative estimate of drug-likeness (QED) is 0.567. The maximum Gasteiger partial charge on any atom is 0.273 e. The highest BCUT2D eigenvalue weighted by molar-refractivity contribution is 5.63. The van der Waals surface area contributed by atoms with Crippen molar-refractivity contribution in [3.05, 3.63) is 28.3 Å². The van der Waals surface area contributed by atoms with E-state index in [0.717, 1.165) is 56.8 Å². The Morgan fingerprint density at radius 3 is 2.57 bits per heavy atom. The van der Waals surface area contributed by atoms with Gasteiger partial charge in [-0.25, -0.2) is 0 Å². The van der Waals surface area contributed by atoms with Gasteiger partial charge in [-0.2, -0.15) is 0 Å². The van der Waals surface area contributed by atoms with Crippen LogP contribution in [0.5, 0.6) is 0 Å². The van der Waals surface area contributed by atoms with Gasteiger partial charge < -0.3 is 15.4 Å². The molecule has 0 bridgehead atoms. The third kappa shape index (κ3) is 4.90. The Hall–Kier alpha value is -1.82. The third-order valence-corrected chi connectivity index (χ3v) is 3.53. The topological polar surface area (TPSA) is 76.4 Å². The zero-order chi connectivity index (χ0) is 15.1. The van der Waals surface area contributed by atoms with Crippen molar-refractivity contribution in [1.82, 2.24) is 0 Å². The van der Waals surface area contributed by atoms with E-state index < -0.39 is 0 Å². The van der Waals surface area contributed by atoms with Crippen molar-refractivity contribution in [2.24, 2.45) is 0 Å². The number of ether oxygens (including phenoxy) is 1. The van der Waals surface area contributed by atoms with Gasteiger partial charge in [0.05, 0.1) is 11.0 Å². The molecule has 6 nitrogen and oxygen atoms in total. The van der Waals surface area contributed by atoms with Crippen LogP contribution in [0, 0.1) is 10.1 Å². The van der Waals surface area contributed by atoms with E-state index in [9.17, 15) is 10.1 Å². The molecule has 6 heteroatoms. The fraction of sp³-hybridized carbons (Fsp3) is 0.600. The second kappa shape index (κ2) is 7.83. The van der Waals surface area contributed by atoms with E-state index in [2.05, 4.69) is 17.6 Å². The van der Waals surface area contributed by atoms with Crippen LogP contribution in [0.15, 0.2) is 18.2 Å². The van der Waals surface area contributed by atoms with Gasteiger partial charge in [0.2, 0.25) is 0 Å². The molecular weight excluding hydrogens is 270 g/mol. The highest BCUT2D eigenvalue weighted by atomic mass is 16.6. The molecule has 0 saturated carbocycles. The van der Waals surface area contributed by atoms with Gasteiger partial charge in [0, 0.05) is 43.2 Å². The maximum atomic E-state index is 11.0. The molecular formula is C15H23N3O3. The summed E-state index contributed by atoms with van der Waals surface area (Å²) in [4.78, 5) is 10.6. The number of hydrogen-bond acceptors (Lipinski definition) is 5. The molecule has 1 unspecified atom stereocenters. The highest BCUT2D eigenvalue weighted by Gasteiger charge is 2.15. The van der Waals surface area contributed by atoms with Gasteiger partial charge in [0.1, 0.15) is 0 Å². The molecule has 0 radical (unpaired) electrons. The monoisotopic (exact) mass is 293 g/mol. The number of nitrogens with one attached hydrogen (secondary N) is 2. The molecule has 1 aliphatic heterocycles. The van der Waals surface area contributed by atoms with Gasteiger partial charge in [0.15, 0.2) is 0 Å². The Bertz CT molecular complexity index is 473. The van der Waals surface area contributed by atoms with Crippen molar-refractivity contribution in [2.45, 2.75) is 38.7 Å². The maximum absolute atomic E-state index is 11.0. The summed E-state index contributed by atoms with van der Waals surface area (Å²) in [5.41, 5.74) is 1.67. The normalized spacial score (nSPS) is 17.7. The number of benzene rings is 1. The summed E-state index contributed by atoms with van der Waals surface area (Å²) in [7, 11) is 0. The zero-order valence-corrected chi connectivity index (χ0v) is 12.4. The first-order valence-corrected chi connectivity index (χ1v) is 7.58. The summed E-state index contributed by atoms with van der Waals surface area (Å²) < 4.78 is 5.57. The van der Waals surface area contributed by atoms with Crippen molar-refractivity contribution < 1.29 is 9.66 Å². The lowest BCUT2D eigenvalue weighted by atomic mass is 10.2. The van der Waals surface area contributed by atoms with Crippen LogP contribution < -0.4 is 10.6 Å². The van der Waals surface area contributed by atoms with Gasteiger partial charge in [-0.15, -0.1) is 0 Å². The summed E-state index contributed by atoms with van der Waals surface area (Å²) in [6.07, 6.45) is 4.48. The highest BCUT2D eigenvalue weighted by Crippen LogP contribution is 2.25. The molecule has 1 saturated heterocycles. The molecule has 116 valence electrons. The van der Waals surface area contributed by atoms with Crippen LogP contribution in [0.4, 0.5) is 17.1 Å². The number of nitro benzene ring substituents is 1. The van der Waals surface area contributed by atoms with Crippen LogP contribution in [0.1, 0.15) is 32.6 Å². The van der Waals surface area contributed by atoms with E-state index in [1.165, 1.54) is 0 Å². The predicted octanol–water partition coefficient (Wildman–Crippen LogP) is 3.40. The van der Waals surface area contributed by atoms with E-state index in [0.29, 0.717) is 6.10 Å². The average Bonchev–Trinajstić information content (AvgIpc) is 2.98. The lowest BCUT2D eigenvalue weighted by molar-refractivity contribution is -0.384. The molecule has 1 aromatic carbocycles. The molecule has 2 rings (SSSR count). The molecule has 1 fully saturated rings. The molecule has 0 aromatic heterocycles. The summed E-state index contributed by atoms with van der Waals surface area (Å²) in [5, 5.41) is 17.4. The number of nitro groups is 1. The van der Waals surface area contributed by atoms with Gasteiger partial charge in [0.25, 0.3) is 5.69 Å². The summed E-state index contributed by atoms with van der Waals surface area (Å²) >= 11 is 0. The number of nitrogens with zero attached hydrogens (tertiary/aromatic N) is 1. The second-order valence-corrected chi connectivity index (χ2v) is 5.30. The molecule has 1 heterocycles. The average molecular weight is 293 g/mol. The Morgan fingerprint density at radius 2 is 2.00 bits per heavy atom. The van der Waals surface area contributed by atoms with Crippen molar-refractivity contribution in [3.8, 4) is 0 Å². The Morgan fingerprint density at radius 1 is 1.29 bits per heavy atom. The zero-order valence-electron chi connectivity index (χ0n) is 12.4. The predicted molar refractivity (Wildman–Crippen MR) is 84.0 cm³/mol. The summed E-state index contributed by atoms with van der Waals surface area (Å²) in [6.45, 7) is 4.48. The Labute approximate surface area is 125 Å². The van der Waals surface area contributed by atoms with E-state index >= 15 is 0 Å². The van der Waals surface area contributed by atoms with Crippen LogP contribution in [-0.4, -0.2) is 30.7 Å². The van der Waals surface area contributed by atoms with Gasteiger partial charge >= 0.3 is 0 Å². The van der Waals surface area contributed by atoms with Crippen molar-refractivity contribution in [2.75, 3.05) is 30.3 Å². The molecule has 1 atom stereocenters. The Kier molecular flexibility index (Phi) is 5.80. The number of hydrogen-bond donors (Lipinski definition) is 2. The van der Waals surface area contributed by atoms with E-state index in [-0.39, 0.29) is 10.6 Å². The Balaban J connectivity index is 1.95. The minimum Gasteiger partial charge on any atom is -0.385 e. The van der Waals surface area contributed by atoms with Crippen molar-refractivity contribution in [1.29, 1.82) is 0 Å². The molecule has 1 aromatic rings. The molecule has 2 N–H and O–H groups in total. The van der Waals surface area contributed by atoms with Crippen LogP contribution in [0.3, 0.4) is 0 Å². The van der Waals surface area contributed by atoms with Gasteiger partial charge in [-0.3, -0.25) is 10.1 Å². The van der Waals surface area contributed by atoms with E-state index in [1.807, 2.05) is 6.07 Å². The van der Waals surface area contributed by atoms with Crippen molar-refractivity contribution in [3.63, 3.8) is 0 Å². The fourth-order valence-electron chi connectivity index (χ4n) is 2.44. The molecule has 21 heavy (non-hydrogen) atoms. The smallest absolute Gasteiger partial charge is 0.273 e. The van der Waals surface area contributed by atoms with Crippen LogP contribution in [-0.2, 0) is 4.74 Å². The number of non-ortho nitro benzene ring substituents is 1. The fourth-order valence-corrected chi connectivity index (χ4v) is 2.44. The first-order chi connectivity index (χ1) is 10.2. The minimum atomic E-state index is -0.359. The molecule has 0 aliphatic carbocycles. The van der Waals surface area contributed by atoms with E-state index in [1.54, 1.807) is 12.1 Å². The largest absolute Gasteiger partial charge is 0.385 e. The standard InChI is InChI=1S/C15H23N3O3/c1-2-6-16-12-9-13(11-14(10-12)18(19)20)17-7-5-15-4-3-8-21-15/h9-11,15-17H,2-8H2,1H3. The first-order valence-electron chi connectivity index (χ1n) is 7.58. The second-order valence-electron chi connectivity index (χ2n) is 5.30. The molecule has 0 spiro atoms. The summed E-state index contributed by atoms with van der Waals surface area (Å²) in [6, 6.07) is 5.06. The van der Waals surface area contributed by atoms with Crippen molar-refractivity contribution >= 4 is 17.1 Å². The van der Waals surface area contributed by atoms with E-state index in [4.69, 9.17) is 4.74 Å². The lowest BCUT2D eigenvalue weighted by Crippen LogP contribution is -2.12. The lowest BCUT2D eigenvalue weighted by Gasteiger charge is -2.12.